The van der Waals surface area contributed by atoms with Gasteiger partial charge in [-0.3, -0.25) is 0 Å². The van der Waals surface area contributed by atoms with Gasteiger partial charge in [-0.05, 0) is 57.9 Å². The zero-order valence-corrected chi connectivity index (χ0v) is 12.1. The Morgan fingerprint density at radius 1 is 1.12 bits per heavy atom. The molecule has 0 fully saturated rings. The van der Waals surface area contributed by atoms with Gasteiger partial charge in [-0.1, -0.05) is 30.3 Å². The number of hydrogen-bond donors (Lipinski definition) is 1. The first-order chi connectivity index (χ1) is 8.34. The van der Waals surface area contributed by atoms with Crippen molar-refractivity contribution in [1.29, 1.82) is 0 Å². The maximum absolute atomic E-state index is 3.48. The molecule has 1 aromatic heterocycles. The topological polar surface area (TPSA) is 12.0 Å². The van der Waals surface area contributed by atoms with Gasteiger partial charge in [0.1, 0.15) is 0 Å². The van der Waals surface area contributed by atoms with Crippen LogP contribution in [0.25, 0.3) is 0 Å². The number of hydrogen-bond acceptors (Lipinski definition) is 2. The van der Waals surface area contributed by atoms with E-state index < -0.39 is 0 Å². The highest BCUT2D eigenvalue weighted by atomic mass is 79.9. The number of nitrogens with one attached hydrogen (secondary N) is 1. The highest BCUT2D eigenvalue weighted by Crippen LogP contribution is 2.20. The Morgan fingerprint density at radius 2 is 1.94 bits per heavy atom. The standard InChI is InChI=1S/C14H16BrNS/c15-14-9-13(11-17-14)10-16-8-4-7-12-5-2-1-3-6-12/h1-3,5-6,9,11,16H,4,7-8,10H2. The van der Waals surface area contributed by atoms with Crippen LogP contribution in [0.1, 0.15) is 17.5 Å². The zero-order chi connectivity index (χ0) is 11.9. The highest BCUT2D eigenvalue weighted by molar-refractivity contribution is 9.11. The molecule has 0 radical (unpaired) electrons. The number of rotatable bonds is 6. The summed E-state index contributed by atoms with van der Waals surface area (Å²) < 4.78 is 1.21. The smallest absolute Gasteiger partial charge is 0.0701 e. The van der Waals surface area contributed by atoms with E-state index in [4.69, 9.17) is 0 Å². The molecule has 0 spiro atoms. The van der Waals surface area contributed by atoms with Gasteiger partial charge in [-0.25, -0.2) is 0 Å². The molecule has 0 saturated heterocycles. The van der Waals surface area contributed by atoms with Crippen molar-refractivity contribution in [2.24, 2.45) is 0 Å². The van der Waals surface area contributed by atoms with Crippen LogP contribution in [-0.4, -0.2) is 6.54 Å². The Kier molecular flexibility index (Phi) is 5.23. The summed E-state index contributed by atoms with van der Waals surface area (Å²) in [5, 5.41) is 5.66. The molecule has 1 N–H and O–H groups in total. The summed E-state index contributed by atoms with van der Waals surface area (Å²) in [6.07, 6.45) is 2.34. The normalized spacial score (nSPS) is 10.6. The van der Waals surface area contributed by atoms with E-state index in [0.717, 1.165) is 19.5 Å². The van der Waals surface area contributed by atoms with E-state index in [1.165, 1.54) is 21.3 Å². The van der Waals surface area contributed by atoms with Crippen LogP contribution in [0.3, 0.4) is 0 Å². The number of halogens is 1. The van der Waals surface area contributed by atoms with Crippen molar-refractivity contribution >= 4 is 27.3 Å². The highest BCUT2D eigenvalue weighted by Gasteiger charge is 1.96. The SMILES string of the molecule is Brc1cc(CNCCCc2ccccc2)cs1. The van der Waals surface area contributed by atoms with Crippen molar-refractivity contribution in [3.8, 4) is 0 Å². The summed E-state index contributed by atoms with van der Waals surface area (Å²) in [6.45, 7) is 2.04. The molecule has 1 nitrogen and oxygen atoms in total. The molecule has 17 heavy (non-hydrogen) atoms. The molecule has 2 rings (SSSR count). The van der Waals surface area contributed by atoms with Gasteiger partial charge in [0.2, 0.25) is 0 Å². The molecule has 0 bridgehead atoms. The van der Waals surface area contributed by atoms with Crippen molar-refractivity contribution in [3.63, 3.8) is 0 Å². The molecule has 0 atom stereocenters. The second-order valence-corrected chi connectivity index (χ2v) is 6.32. The van der Waals surface area contributed by atoms with Crippen molar-refractivity contribution in [1.82, 2.24) is 5.32 Å². The first kappa shape index (κ1) is 12.8. The fourth-order valence-electron chi connectivity index (χ4n) is 1.73. The minimum atomic E-state index is 0.969. The summed E-state index contributed by atoms with van der Waals surface area (Å²) >= 11 is 5.22. The minimum absolute atomic E-state index is 0.969. The first-order valence-corrected chi connectivity index (χ1v) is 7.49. The molecule has 0 unspecified atom stereocenters. The predicted molar refractivity (Wildman–Crippen MR) is 78.5 cm³/mol. The number of benzene rings is 1. The van der Waals surface area contributed by atoms with Crippen LogP contribution in [0, 0.1) is 0 Å². The molecular weight excluding hydrogens is 294 g/mol. The quantitative estimate of drug-likeness (QED) is 0.787. The molecule has 1 aromatic carbocycles. The van der Waals surface area contributed by atoms with Gasteiger partial charge in [0.15, 0.2) is 0 Å². The Balaban J connectivity index is 1.61. The fourth-order valence-corrected chi connectivity index (χ4v) is 2.94. The van der Waals surface area contributed by atoms with Crippen LogP contribution in [0.4, 0.5) is 0 Å². The Labute approximate surface area is 115 Å². The first-order valence-electron chi connectivity index (χ1n) is 5.82. The van der Waals surface area contributed by atoms with E-state index >= 15 is 0 Å². The van der Waals surface area contributed by atoms with Gasteiger partial charge in [-0.15, -0.1) is 11.3 Å². The predicted octanol–water partition coefficient (Wildman–Crippen LogP) is 4.23. The third kappa shape index (κ3) is 4.62. The third-order valence-electron chi connectivity index (χ3n) is 2.61. The maximum Gasteiger partial charge on any atom is 0.0701 e. The second kappa shape index (κ2) is 6.94. The summed E-state index contributed by atoms with van der Waals surface area (Å²) in [6, 6.07) is 12.8. The lowest BCUT2D eigenvalue weighted by atomic mass is 10.1. The van der Waals surface area contributed by atoms with Crippen LogP contribution in [0.5, 0.6) is 0 Å². The van der Waals surface area contributed by atoms with Gasteiger partial charge in [0.05, 0.1) is 3.79 Å². The monoisotopic (exact) mass is 309 g/mol. The lowest BCUT2D eigenvalue weighted by Crippen LogP contribution is -2.14. The van der Waals surface area contributed by atoms with Gasteiger partial charge in [-0.2, -0.15) is 0 Å². The third-order valence-corrected chi connectivity index (χ3v) is 4.17. The molecule has 90 valence electrons. The van der Waals surface area contributed by atoms with Gasteiger partial charge in [0.25, 0.3) is 0 Å². The maximum atomic E-state index is 3.48. The van der Waals surface area contributed by atoms with E-state index in [2.05, 4.69) is 63.0 Å². The molecular formula is C14H16BrNS. The second-order valence-electron chi connectivity index (χ2n) is 4.02. The Bertz CT molecular complexity index is 438. The van der Waals surface area contributed by atoms with Crippen LogP contribution in [-0.2, 0) is 13.0 Å². The van der Waals surface area contributed by atoms with E-state index in [-0.39, 0.29) is 0 Å². The largest absolute Gasteiger partial charge is 0.313 e. The van der Waals surface area contributed by atoms with Gasteiger partial charge >= 0.3 is 0 Å². The van der Waals surface area contributed by atoms with E-state index in [1.807, 2.05) is 0 Å². The van der Waals surface area contributed by atoms with Crippen LogP contribution >= 0.6 is 27.3 Å². The van der Waals surface area contributed by atoms with Crippen molar-refractivity contribution in [2.45, 2.75) is 19.4 Å². The average Bonchev–Trinajstić information content (AvgIpc) is 2.76. The Morgan fingerprint density at radius 3 is 2.65 bits per heavy atom. The molecule has 0 amide bonds. The van der Waals surface area contributed by atoms with Crippen LogP contribution in [0.2, 0.25) is 0 Å². The molecule has 3 heteroatoms. The number of aryl methyl sites for hydroxylation is 1. The van der Waals surface area contributed by atoms with E-state index in [1.54, 1.807) is 11.3 Å². The van der Waals surface area contributed by atoms with Crippen molar-refractivity contribution in [2.75, 3.05) is 6.54 Å². The lowest BCUT2D eigenvalue weighted by Gasteiger charge is -2.03. The molecule has 0 saturated carbocycles. The van der Waals surface area contributed by atoms with Gasteiger partial charge < -0.3 is 5.32 Å². The van der Waals surface area contributed by atoms with Crippen molar-refractivity contribution < 1.29 is 0 Å². The average molecular weight is 310 g/mol. The molecule has 0 aliphatic heterocycles. The van der Waals surface area contributed by atoms with Gasteiger partial charge in [0, 0.05) is 6.54 Å². The minimum Gasteiger partial charge on any atom is -0.313 e. The summed E-state index contributed by atoms with van der Waals surface area (Å²) in [5.74, 6) is 0. The molecule has 0 aliphatic rings. The Hall–Kier alpha value is -0.640. The molecule has 2 aromatic rings. The van der Waals surface area contributed by atoms with Crippen LogP contribution < -0.4 is 5.32 Å². The lowest BCUT2D eigenvalue weighted by molar-refractivity contribution is 0.650. The molecule has 1 heterocycles. The van der Waals surface area contributed by atoms with E-state index in [0.29, 0.717) is 0 Å². The summed E-state index contributed by atoms with van der Waals surface area (Å²) in [5.41, 5.74) is 2.79. The zero-order valence-electron chi connectivity index (χ0n) is 9.66. The van der Waals surface area contributed by atoms with Crippen LogP contribution in [0.15, 0.2) is 45.6 Å². The van der Waals surface area contributed by atoms with Crippen molar-refractivity contribution in [3.05, 3.63) is 56.7 Å². The summed E-state index contributed by atoms with van der Waals surface area (Å²) in [7, 11) is 0. The number of thiophene rings is 1. The fraction of sp³-hybridized carbons (Fsp3) is 0.286. The summed E-state index contributed by atoms with van der Waals surface area (Å²) in [4.78, 5) is 0. The molecule has 0 aliphatic carbocycles. The van der Waals surface area contributed by atoms with E-state index in [9.17, 15) is 0 Å².